The van der Waals surface area contributed by atoms with E-state index in [0.29, 0.717) is 11.3 Å². The van der Waals surface area contributed by atoms with Crippen molar-refractivity contribution in [3.8, 4) is 0 Å². The molecule has 1 aromatic heterocycles. The molecule has 2 amide bonds. The number of hydrogen-bond acceptors (Lipinski definition) is 7. The molecule has 0 aliphatic heterocycles. The summed E-state index contributed by atoms with van der Waals surface area (Å²) in [4.78, 5) is 35.5. The lowest BCUT2D eigenvalue weighted by Gasteiger charge is -2.10. The van der Waals surface area contributed by atoms with Crippen molar-refractivity contribution in [1.29, 1.82) is 0 Å². The molecule has 0 unspecified atom stereocenters. The third kappa shape index (κ3) is 6.89. The zero-order chi connectivity index (χ0) is 23.8. The first-order valence-corrected chi connectivity index (χ1v) is 12.0. The summed E-state index contributed by atoms with van der Waals surface area (Å²) in [5, 5.41) is 6.84. The first-order chi connectivity index (χ1) is 15.8. The van der Waals surface area contributed by atoms with E-state index in [1.54, 1.807) is 53.9 Å². The molecule has 11 heteroatoms. The van der Waals surface area contributed by atoms with Gasteiger partial charge in [-0.15, -0.1) is 11.3 Å². The van der Waals surface area contributed by atoms with Crippen molar-refractivity contribution in [2.45, 2.75) is 10.6 Å². The van der Waals surface area contributed by atoms with Gasteiger partial charge in [-0.3, -0.25) is 19.1 Å². The fourth-order valence-corrected chi connectivity index (χ4v) is 4.79. The highest BCUT2D eigenvalue weighted by molar-refractivity contribution is 7.94. The van der Waals surface area contributed by atoms with Crippen LogP contribution in [0.4, 0.5) is 11.4 Å². The van der Waals surface area contributed by atoms with E-state index in [9.17, 15) is 22.8 Å². The van der Waals surface area contributed by atoms with Crippen LogP contribution >= 0.6 is 11.3 Å². The molecular formula is C22H21N3O6S2. The predicted octanol–water partition coefficient (Wildman–Crippen LogP) is 2.63. The maximum Gasteiger partial charge on any atom is 0.325 e. The molecule has 3 N–H and O–H groups in total. The molecule has 3 aromatic rings. The van der Waals surface area contributed by atoms with Crippen molar-refractivity contribution in [2.24, 2.45) is 0 Å². The van der Waals surface area contributed by atoms with E-state index in [0.717, 1.165) is 11.3 Å². The van der Waals surface area contributed by atoms with Gasteiger partial charge >= 0.3 is 5.97 Å². The van der Waals surface area contributed by atoms with Crippen LogP contribution in [0.2, 0.25) is 0 Å². The number of carbonyl (C=O) groups excluding carboxylic acids is 3. The third-order valence-corrected chi connectivity index (χ3v) is 7.15. The van der Waals surface area contributed by atoms with Crippen LogP contribution in [0.3, 0.4) is 0 Å². The van der Waals surface area contributed by atoms with E-state index in [1.165, 1.54) is 19.2 Å². The number of anilines is 2. The number of thiophene rings is 1. The Balaban J connectivity index is 1.59. The highest BCUT2D eigenvalue weighted by atomic mass is 32.2. The van der Waals surface area contributed by atoms with Crippen molar-refractivity contribution in [3.05, 3.63) is 77.2 Å². The van der Waals surface area contributed by atoms with Crippen LogP contribution in [-0.2, 0) is 30.8 Å². The molecule has 0 spiro atoms. The predicted molar refractivity (Wildman–Crippen MR) is 125 cm³/mol. The average Bonchev–Trinajstić information content (AvgIpc) is 3.35. The van der Waals surface area contributed by atoms with E-state index in [2.05, 4.69) is 20.1 Å². The number of benzene rings is 2. The van der Waals surface area contributed by atoms with Gasteiger partial charge in [-0.25, -0.2) is 8.42 Å². The van der Waals surface area contributed by atoms with E-state index >= 15 is 0 Å². The highest BCUT2D eigenvalue weighted by Gasteiger charge is 2.16. The molecule has 0 radical (unpaired) electrons. The molecule has 172 valence electrons. The molecule has 2 aromatic carbocycles. The Hall–Kier alpha value is -3.70. The second-order valence-electron chi connectivity index (χ2n) is 6.80. The normalized spacial score (nSPS) is 10.8. The molecule has 0 saturated carbocycles. The summed E-state index contributed by atoms with van der Waals surface area (Å²) < 4.78 is 31.9. The lowest BCUT2D eigenvalue weighted by molar-refractivity contribution is -0.141. The fourth-order valence-electron chi connectivity index (χ4n) is 2.75. The number of carbonyl (C=O) groups is 3. The number of amides is 2. The van der Waals surface area contributed by atoms with Gasteiger partial charge < -0.3 is 15.4 Å². The van der Waals surface area contributed by atoms with E-state index in [4.69, 9.17) is 0 Å². The van der Waals surface area contributed by atoms with Crippen LogP contribution in [0, 0.1) is 0 Å². The molecule has 0 aliphatic rings. The first-order valence-electron chi connectivity index (χ1n) is 9.67. The van der Waals surface area contributed by atoms with Crippen molar-refractivity contribution < 1.29 is 27.5 Å². The standard InChI is InChI=1S/C22H21N3O6S2/c1-31-20(27)14-23-19(26)12-15-7-9-17(10-8-15)24-22(28)16-4-2-5-18(13-16)25-33(29,30)21-6-3-11-32-21/h2-11,13,25H,12,14H2,1H3,(H,23,26)(H,24,28). The minimum Gasteiger partial charge on any atom is -0.468 e. The number of ether oxygens (including phenoxy) is 1. The summed E-state index contributed by atoms with van der Waals surface area (Å²) in [5.41, 5.74) is 1.74. The third-order valence-electron chi connectivity index (χ3n) is 4.37. The number of methoxy groups -OCH3 is 1. The number of nitrogens with one attached hydrogen (secondary N) is 3. The number of hydrogen-bond donors (Lipinski definition) is 3. The molecule has 0 fully saturated rings. The molecule has 0 bridgehead atoms. The monoisotopic (exact) mass is 487 g/mol. The Morgan fingerprint density at radius 2 is 1.73 bits per heavy atom. The molecule has 0 aliphatic carbocycles. The molecule has 9 nitrogen and oxygen atoms in total. The van der Waals surface area contributed by atoms with Crippen LogP contribution in [0.1, 0.15) is 15.9 Å². The second kappa shape index (κ2) is 10.7. The van der Waals surface area contributed by atoms with Crippen molar-refractivity contribution in [2.75, 3.05) is 23.7 Å². The summed E-state index contributed by atoms with van der Waals surface area (Å²) in [5.74, 6) is -1.29. The van der Waals surface area contributed by atoms with Crippen molar-refractivity contribution >= 4 is 50.5 Å². The van der Waals surface area contributed by atoms with Gasteiger partial charge in [0, 0.05) is 16.9 Å². The first kappa shape index (κ1) is 24.0. The van der Waals surface area contributed by atoms with E-state index < -0.39 is 21.9 Å². The number of esters is 1. The molecular weight excluding hydrogens is 466 g/mol. The van der Waals surface area contributed by atoms with Gasteiger partial charge in [0.1, 0.15) is 10.8 Å². The molecule has 1 heterocycles. The SMILES string of the molecule is COC(=O)CNC(=O)Cc1ccc(NC(=O)c2cccc(NS(=O)(=O)c3cccs3)c2)cc1. The van der Waals surface area contributed by atoms with Crippen LogP contribution < -0.4 is 15.4 Å². The number of rotatable bonds is 9. The van der Waals surface area contributed by atoms with Gasteiger partial charge in [0.05, 0.1) is 13.5 Å². The van der Waals surface area contributed by atoms with Gasteiger partial charge in [-0.2, -0.15) is 0 Å². The summed E-state index contributed by atoms with van der Waals surface area (Å²) in [6.07, 6.45) is 0.0671. The Kier molecular flexibility index (Phi) is 7.80. The molecule has 0 saturated heterocycles. The average molecular weight is 488 g/mol. The fraction of sp³-hybridized carbons (Fsp3) is 0.136. The Bertz CT molecular complexity index is 1240. The van der Waals surface area contributed by atoms with Crippen molar-refractivity contribution in [3.63, 3.8) is 0 Å². The van der Waals surface area contributed by atoms with Crippen LogP contribution in [0.15, 0.2) is 70.3 Å². The smallest absolute Gasteiger partial charge is 0.325 e. The maximum absolute atomic E-state index is 12.6. The topological polar surface area (TPSA) is 131 Å². The van der Waals surface area contributed by atoms with Crippen molar-refractivity contribution in [1.82, 2.24) is 5.32 Å². The highest BCUT2D eigenvalue weighted by Crippen LogP contribution is 2.21. The van der Waals surface area contributed by atoms with Gasteiger partial charge in [0.15, 0.2) is 0 Å². The Morgan fingerprint density at radius 1 is 0.970 bits per heavy atom. The maximum atomic E-state index is 12.6. The van der Waals surface area contributed by atoms with Crippen LogP contribution in [0.5, 0.6) is 0 Å². The quantitative estimate of drug-likeness (QED) is 0.398. The minimum atomic E-state index is -3.72. The van der Waals surface area contributed by atoms with Gasteiger partial charge in [0.2, 0.25) is 5.91 Å². The lowest BCUT2D eigenvalue weighted by atomic mass is 10.1. The summed E-state index contributed by atoms with van der Waals surface area (Å²) in [6.45, 7) is -0.202. The summed E-state index contributed by atoms with van der Waals surface area (Å²) in [6, 6.07) is 15.9. The zero-order valence-corrected chi connectivity index (χ0v) is 19.2. The summed E-state index contributed by atoms with van der Waals surface area (Å²) in [7, 11) is -2.48. The second-order valence-corrected chi connectivity index (χ2v) is 9.66. The van der Waals surface area contributed by atoms with E-state index in [1.807, 2.05) is 0 Å². The van der Waals surface area contributed by atoms with Gasteiger partial charge in [-0.1, -0.05) is 24.3 Å². The largest absolute Gasteiger partial charge is 0.468 e. The van der Waals surface area contributed by atoms with Crippen LogP contribution in [0.25, 0.3) is 0 Å². The molecule has 3 rings (SSSR count). The van der Waals surface area contributed by atoms with Gasteiger partial charge in [0.25, 0.3) is 15.9 Å². The number of sulfonamides is 1. The minimum absolute atomic E-state index is 0.0671. The van der Waals surface area contributed by atoms with Crippen LogP contribution in [-0.4, -0.2) is 39.9 Å². The lowest BCUT2D eigenvalue weighted by Crippen LogP contribution is -2.31. The zero-order valence-electron chi connectivity index (χ0n) is 17.5. The molecule has 33 heavy (non-hydrogen) atoms. The van der Waals surface area contributed by atoms with E-state index in [-0.39, 0.29) is 34.3 Å². The van der Waals surface area contributed by atoms with Gasteiger partial charge in [-0.05, 0) is 47.3 Å². The summed E-state index contributed by atoms with van der Waals surface area (Å²) >= 11 is 1.10. The molecule has 0 atom stereocenters. The Morgan fingerprint density at radius 3 is 2.39 bits per heavy atom. The Labute approximate surface area is 194 Å².